The molecule has 0 bridgehead atoms. The van der Waals surface area contributed by atoms with E-state index in [4.69, 9.17) is 9.73 Å². The van der Waals surface area contributed by atoms with Gasteiger partial charge in [-0.3, -0.25) is 4.68 Å². The van der Waals surface area contributed by atoms with E-state index in [9.17, 15) is 0 Å². The second kappa shape index (κ2) is 10.1. The Labute approximate surface area is 156 Å². The first kappa shape index (κ1) is 20.1. The second-order valence-electron chi connectivity index (χ2n) is 6.38. The van der Waals surface area contributed by atoms with E-state index in [1.807, 2.05) is 4.68 Å². The molecule has 1 saturated heterocycles. The number of aliphatic imine (C=N–C) groups is 1. The number of hydrogen-bond donors (Lipinski definition) is 1. The Hall–Kier alpha value is -1.21. The van der Waals surface area contributed by atoms with Crippen LogP contribution >= 0.6 is 11.8 Å². The van der Waals surface area contributed by atoms with Gasteiger partial charge in [-0.05, 0) is 27.2 Å². The molecule has 0 radical (unpaired) electrons. The van der Waals surface area contributed by atoms with Gasteiger partial charge in [-0.15, -0.1) is 0 Å². The van der Waals surface area contributed by atoms with Gasteiger partial charge in [-0.2, -0.15) is 16.9 Å². The van der Waals surface area contributed by atoms with Crippen LogP contribution in [-0.2, 0) is 17.8 Å². The largest absolute Gasteiger partial charge is 0.383 e. The molecule has 1 unspecified atom stereocenters. The summed E-state index contributed by atoms with van der Waals surface area (Å²) < 4.78 is 7.20. The highest BCUT2D eigenvalue weighted by Crippen LogP contribution is 2.21. The van der Waals surface area contributed by atoms with Crippen LogP contribution in [0.5, 0.6) is 0 Å². The Morgan fingerprint density at radius 2 is 2.20 bits per heavy atom. The maximum Gasteiger partial charge on any atom is 0.194 e. The van der Waals surface area contributed by atoms with Crippen molar-refractivity contribution in [2.24, 2.45) is 4.99 Å². The third kappa shape index (κ3) is 5.38. The lowest BCUT2D eigenvalue weighted by Gasteiger charge is -2.34. The quantitative estimate of drug-likeness (QED) is 0.593. The van der Waals surface area contributed by atoms with Gasteiger partial charge in [0.15, 0.2) is 5.96 Å². The highest BCUT2D eigenvalue weighted by atomic mass is 32.2. The van der Waals surface area contributed by atoms with Gasteiger partial charge in [0.1, 0.15) is 0 Å². The lowest BCUT2D eigenvalue weighted by Crippen LogP contribution is -2.48. The SMILES string of the molecule is CCNC(=NCc1c(C)nn(CCOC)c1C)N1CCSC(CC)C1. The van der Waals surface area contributed by atoms with Crippen molar-refractivity contribution in [3.8, 4) is 0 Å². The fourth-order valence-corrected chi connectivity index (χ4v) is 4.28. The van der Waals surface area contributed by atoms with Crippen LogP contribution in [0, 0.1) is 13.8 Å². The van der Waals surface area contributed by atoms with Crippen molar-refractivity contribution in [1.82, 2.24) is 20.0 Å². The normalized spacial score (nSPS) is 18.7. The Kier molecular flexibility index (Phi) is 8.09. The van der Waals surface area contributed by atoms with Crippen molar-refractivity contribution in [3.63, 3.8) is 0 Å². The maximum absolute atomic E-state index is 5.17. The van der Waals surface area contributed by atoms with Gasteiger partial charge < -0.3 is 15.0 Å². The fourth-order valence-electron chi connectivity index (χ4n) is 3.10. The summed E-state index contributed by atoms with van der Waals surface area (Å²) in [6, 6.07) is 0. The molecule has 25 heavy (non-hydrogen) atoms. The van der Waals surface area contributed by atoms with Crippen molar-refractivity contribution in [2.75, 3.05) is 39.1 Å². The van der Waals surface area contributed by atoms with E-state index in [1.54, 1.807) is 7.11 Å². The molecule has 0 amide bonds. The number of rotatable bonds is 7. The first-order chi connectivity index (χ1) is 12.1. The van der Waals surface area contributed by atoms with Gasteiger partial charge in [0.05, 0.1) is 25.4 Å². The number of guanidine groups is 1. The van der Waals surface area contributed by atoms with Crippen LogP contribution in [0.1, 0.15) is 37.2 Å². The van der Waals surface area contributed by atoms with Gasteiger partial charge in [0.2, 0.25) is 0 Å². The van der Waals surface area contributed by atoms with Gasteiger partial charge in [-0.1, -0.05) is 6.92 Å². The van der Waals surface area contributed by atoms with Crippen LogP contribution in [-0.4, -0.2) is 65.0 Å². The van der Waals surface area contributed by atoms with E-state index in [0.29, 0.717) is 18.4 Å². The summed E-state index contributed by atoms with van der Waals surface area (Å²) in [5.41, 5.74) is 3.48. The first-order valence-electron chi connectivity index (χ1n) is 9.27. The third-order valence-electron chi connectivity index (χ3n) is 4.65. The molecule has 1 N–H and O–H groups in total. The zero-order valence-electron chi connectivity index (χ0n) is 16.3. The zero-order valence-corrected chi connectivity index (χ0v) is 17.2. The number of methoxy groups -OCH3 is 1. The lowest BCUT2D eigenvalue weighted by atomic mass is 10.2. The molecule has 1 aliphatic rings. The molecule has 1 fully saturated rings. The molecule has 0 spiro atoms. The Bertz CT molecular complexity index is 572. The summed E-state index contributed by atoms with van der Waals surface area (Å²) in [7, 11) is 1.72. The van der Waals surface area contributed by atoms with Crippen molar-refractivity contribution in [2.45, 2.75) is 52.5 Å². The van der Waals surface area contributed by atoms with E-state index in [0.717, 1.165) is 37.8 Å². The van der Waals surface area contributed by atoms with Crippen LogP contribution in [0.3, 0.4) is 0 Å². The summed E-state index contributed by atoms with van der Waals surface area (Å²) >= 11 is 2.08. The minimum absolute atomic E-state index is 0.674. The summed E-state index contributed by atoms with van der Waals surface area (Å²) in [6.45, 7) is 13.8. The van der Waals surface area contributed by atoms with E-state index < -0.39 is 0 Å². The number of nitrogens with one attached hydrogen (secondary N) is 1. The number of nitrogens with zero attached hydrogens (tertiary/aromatic N) is 4. The number of ether oxygens (including phenoxy) is 1. The Balaban J connectivity index is 2.12. The average Bonchev–Trinajstić information content (AvgIpc) is 2.90. The smallest absolute Gasteiger partial charge is 0.194 e. The second-order valence-corrected chi connectivity index (χ2v) is 7.79. The predicted octanol–water partition coefficient (Wildman–Crippen LogP) is 2.44. The Morgan fingerprint density at radius 1 is 1.40 bits per heavy atom. The first-order valence-corrected chi connectivity index (χ1v) is 10.3. The van der Waals surface area contributed by atoms with Gasteiger partial charge in [0, 0.05) is 49.0 Å². The van der Waals surface area contributed by atoms with Crippen LogP contribution < -0.4 is 5.32 Å². The molecular weight excluding hydrogens is 334 g/mol. The third-order valence-corrected chi connectivity index (χ3v) is 6.03. The van der Waals surface area contributed by atoms with Crippen molar-refractivity contribution in [3.05, 3.63) is 17.0 Å². The van der Waals surface area contributed by atoms with E-state index in [-0.39, 0.29) is 0 Å². The van der Waals surface area contributed by atoms with E-state index in [1.165, 1.54) is 23.4 Å². The maximum atomic E-state index is 5.17. The average molecular weight is 368 g/mol. The highest BCUT2D eigenvalue weighted by molar-refractivity contribution is 8.00. The monoisotopic (exact) mass is 367 g/mol. The number of thioether (sulfide) groups is 1. The van der Waals surface area contributed by atoms with Crippen LogP contribution in [0.15, 0.2) is 4.99 Å². The highest BCUT2D eigenvalue weighted by Gasteiger charge is 2.21. The number of aromatic nitrogens is 2. The van der Waals surface area contributed by atoms with Crippen molar-refractivity contribution in [1.29, 1.82) is 0 Å². The van der Waals surface area contributed by atoms with Crippen molar-refractivity contribution >= 4 is 17.7 Å². The molecule has 0 saturated carbocycles. The van der Waals surface area contributed by atoms with Gasteiger partial charge >= 0.3 is 0 Å². The Morgan fingerprint density at radius 3 is 2.88 bits per heavy atom. The molecule has 1 atom stereocenters. The number of hydrogen-bond acceptors (Lipinski definition) is 4. The van der Waals surface area contributed by atoms with Gasteiger partial charge in [-0.25, -0.2) is 4.99 Å². The van der Waals surface area contributed by atoms with E-state index in [2.05, 4.69) is 54.8 Å². The van der Waals surface area contributed by atoms with E-state index >= 15 is 0 Å². The standard InChI is InChI=1S/C18H33N5OS/c1-6-16-13-22(9-11-25-16)18(19-7-2)20-12-17-14(3)21-23(15(17)4)8-10-24-5/h16H,6-13H2,1-5H3,(H,19,20). The molecule has 6 nitrogen and oxygen atoms in total. The predicted molar refractivity (Wildman–Crippen MR) is 107 cm³/mol. The summed E-state index contributed by atoms with van der Waals surface area (Å²) in [5, 5.41) is 8.81. The molecule has 1 aromatic heterocycles. The molecule has 2 rings (SSSR count). The van der Waals surface area contributed by atoms with Crippen molar-refractivity contribution < 1.29 is 4.74 Å². The summed E-state index contributed by atoms with van der Waals surface area (Å²) in [6.07, 6.45) is 1.21. The van der Waals surface area contributed by atoms with Gasteiger partial charge in [0.25, 0.3) is 0 Å². The molecule has 2 heterocycles. The molecular formula is C18H33N5OS. The molecule has 142 valence electrons. The fraction of sp³-hybridized carbons (Fsp3) is 0.778. The molecule has 0 aromatic carbocycles. The molecule has 1 aliphatic heterocycles. The van der Waals surface area contributed by atoms with Crippen LogP contribution in [0.2, 0.25) is 0 Å². The molecule has 7 heteroatoms. The summed E-state index contributed by atoms with van der Waals surface area (Å²) in [5.74, 6) is 2.21. The van der Waals surface area contributed by atoms with Crippen LogP contribution in [0.4, 0.5) is 0 Å². The van der Waals surface area contributed by atoms with Crippen LogP contribution in [0.25, 0.3) is 0 Å². The zero-order chi connectivity index (χ0) is 18.2. The summed E-state index contributed by atoms with van der Waals surface area (Å²) in [4.78, 5) is 7.34. The topological polar surface area (TPSA) is 54.7 Å². The molecule has 0 aliphatic carbocycles. The molecule has 1 aromatic rings. The number of aryl methyl sites for hydroxylation is 1. The minimum Gasteiger partial charge on any atom is -0.383 e. The lowest BCUT2D eigenvalue weighted by molar-refractivity contribution is 0.182. The minimum atomic E-state index is 0.674.